The number of hydrogen-bond acceptors (Lipinski definition) is 7. The number of nitrogens with zero attached hydrogens (tertiary/aromatic N) is 1. The molecule has 1 aromatic carbocycles. The Bertz CT molecular complexity index is 961. The molecular weight excluding hydrogens is 425 g/mol. The first kappa shape index (κ1) is 19.9. The van der Waals surface area contributed by atoms with Crippen LogP contribution in [0.15, 0.2) is 30.4 Å². The predicted octanol–water partition coefficient (Wildman–Crippen LogP) is 2.26. The second kappa shape index (κ2) is 6.83. The molecule has 0 aliphatic carbocycles. The summed E-state index contributed by atoms with van der Waals surface area (Å²) in [6.45, 7) is 2.27. The Morgan fingerprint density at radius 3 is 2.38 bits per heavy atom. The molecule has 10 heteroatoms. The predicted molar refractivity (Wildman–Crippen MR) is 100.0 cm³/mol. The van der Waals surface area contributed by atoms with Crippen molar-refractivity contribution >= 4 is 52.6 Å². The molecule has 1 aromatic rings. The molecule has 0 spiro atoms. The molecule has 2 amide bonds. The lowest BCUT2D eigenvalue weighted by Crippen LogP contribution is -2.52. The topological polar surface area (TPSA) is 99.2 Å². The molecule has 2 bridgehead atoms. The molecule has 2 saturated heterocycles. The summed E-state index contributed by atoms with van der Waals surface area (Å²) < 4.78 is 16.2. The standard InChI is InChI=1S/C19H15Cl2NO7/c1-8(23)27-18(28-9(2)24)19-6-5-13(29-19)14-15(19)17(26)22(16(14)25)12-4-3-10(20)7-11(12)21/h3-7,13-15,18H,1-2H3/t13-,14+,15-,19+/m1/s1. The minimum absolute atomic E-state index is 0.131. The zero-order valence-corrected chi connectivity index (χ0v) is 16.8. The third-order valence-electron chi connectivity index (χ3n) is 5.14. The number of rotatable bonds is 4. The number of ether oxygens (including phenoxy) is 3. The molecule has 8 nitrogen and oxygen atoms in total. The summed E-state index contributed by atoms with van der Waals surface area (Å²) >= 11 is 12.1. The summed E-state index contributed by atoms with van der Waals surface area (Å²) in [4.78, 5) is 50.6. The molecule has 3 aliphatic heterocycles. The fourth-order valence-electron chi connectivity index (χ4n) is 4.12. The summed E-state index contributed by atoms with van der Waals surface area (Å²) in [5, 5.41) is 0.482. The van der Waals surface area contributed by atoms with E-state index in [1.54, 1.807) is 6.08 Å². The van der Waals surface area contributed by atoms with E-state index in [-0.39, 0.29) is 10.7 Å². The van der Waals surface area contributed by atoms with Gasteiger partial charge < -0.3 is 14.2 Å². The van der Waals surface area contributed by atoms with Gasteiger partial charge in [-0.25, -0.2) is 4.90 Å². The molecule has 3 heterocycles. The Morgan fingerprint density at radius 2 is 1.79 bits per heavy atom. The maximum Gasteiger partial charge on any atom is 0.305 e. The van der Waals surface area contributed by atoms with Crippen LogP contribution in [-0.2, 0) is 33.4 Å². The SMILES string of the molecule is CC(=O)OC(OC(C)=O)[C@@]12C=C[C@@H](O1)[C@@H]1C(=O)N(c3ccc(Cl)cc3Cl)C(=O)[C@@H]12. The fraction of sp³-hybridized carbons (Fsp3) is 0.368. The normalized spacial score (nSPS) is 29.6. The van der Waals surface area contributed by atoms with Gasteiger partial charge in [-0.15, -0.1) is 0 Å². The number of anilines is 1. The van der Waals surface area contributed by atoms with Gasteiger partial charge >= 0.3 is 11.9 Å². The van der Waals surface area contributed by atoms with E-state index < -0.39 is 53.6 Å². The monoisotopic (exact) mass is 439 g/mol. The zero-order valence-electron chi connectivity index (χ0n) is 15.3. The molecule has 0 radical (unpaired) electrons. The average Bonchev–Trinajstić information content (AvgIpc) is 3.26. The van der Waals surface area contributed by atoms with Gasteiger partial charge in [-0.05, 0) is 24.3 Å². The van der Waals surface area contributed by atoms with Crippen LogP contribution >= 0.6 is 23.2 Å². The van der Waals surface area contributed by atoms with Crippen LogP contribution < -0.4 is 4.90 Å². The van der Waals surface area contributed by atoms with Gasteiger partial charge in [-0.3, -0.25) is 19.2 Å². The van der Waals surface area contributed by atoms with E-state index >= 15 is 0 Å². The number of amides is 2. The first-order valence-electron chi connectivity index (χ1n) is 8.70. The minimum atomic E-state index is -1.60. The zero-order chi connectivity index (χ0) is 21.1. The van der Waals surface area contributed by atoms with Gasteiger partial charge in [-0.1, -0.05) is 29.3 Å². The third-order valence-corrected chi connectivity index (χ3v) is 5.68. The van der Waals surface area contributed by atoms with Crippen molar-refractivity contribution in [1.29, 1.82) is 0 Å². The van der Waals surface area contributed by atoms with Crippen molar-refractivity contribution in [1.82, 2.24) is 0 Å². The molecule has 152 valence electrons. The second-order valence-electron chi connectivity index (χ2n) is 6.96. The highest BCUT2D eigenvalue weighted by Crippen LogP contribution is 2.55. The number of carbonyl (C=O) groups excluding carboxylic acids is 4. The van der Waals surface area contributed by atoms with Crippen molar-refractivity contribution in [2.75, 3.05) is 4.90 Å². The molecule has 29 heavy (non-hydrogen) atoms. The van der Waals surface area contributed by atoms with Crippen LogP contribution in [0.5, 0.6) is 0 Å². The van der Waals surface area contributed by atoms with E-state index in [1.807, 2.05) is 0 Å². The van der Waals surface area contributed by atoms with Crippen LogP contribution in [0.1, 0.15) is 13.8 Å². The lowest BCUT2D eigenvalue weighted by molar-refractivity contribution is -0.226. The van der Waals surface area contributed by atoms with E-state index in [4.69, 9.17) is 37.4 Å². The van der Waals surface area contributed by atoms with Gasteiger partial charge in [0.15, 0.2) is 5.60 Å². The van der Waals surface area contributed by atoms with Crippen molar-refractivity contribution in [3.8, 4) is 0 Å². The number of esters is 2. The van der Waals surface area contributed by atoms with E-state index in [2.05, 4.69) is 0 Å². The van der Waals surface area contributed by atoms with Crippen LogP contribution in [0.2, 0.25) is 10.0 Å². The molecule has 0 saturated carbocycles. The Kier molecular flexibility index (Phi) is 4.68. The van der Waals surface area contributed by atoms with E-state index in [9.17, 15) is 19.2 Å². The van der Waals surface area contributed by atoms with Crippen molar-refractivity contribution in [2.24, 2.45) is 11.8 Å². The lowest BCUT2D eigenvalue weighted by Gasteiger charge is -2.34. The van der Waals surface area contributed by atoms with Gasteiger partial charge in [0.05, 0.1) is 28.6 Å². The maximum atomic E-state index is 13.3. The average molecular weight is 440 g/mol. The number of halogens is 2. The lowest BCUT2D eigenvalue weighted by atomic mass is 9.76. The highest BCUT2D eigenvalue weighted by Gasteiger charge is 2.72. The molecule has 2 fully saturated rings. The summed E-state index contributed by atoms with van der Waals surface area (Å²) in [6, 6.07) is 4.41. The number of imide groups is 1. The minimum Gasteiger partial charge on any atom is -0.422 e. The Hall–Kier alpha value is -2.42. The van der Waals surface area contributed by atoms with E-state index in [0.29, 0.717) is 5.02 Å². The van der Waals surface area contributed by atoms with Gasteiger partial charge in [0.25, 0.3) is 6.29 Å². The molecule has 0 unspecified atom stereocenters. The Labute approximate surface area is 175 Å². The quantitative estimate of drug-likeness (QED) is 0.307. The van der Waals surface area contributed by atoms with Crippen LogP contribution in [0.3, 0.4) is 0 Å². The maximum absolute atomic E-state index is 13.3. The summed E-state index contributed by atoms with van der Waals surface area (Å²) in [5.74, 6) is -4.49. The Balaban J connectivity index is 1.76. The van der Waals surface area contributed by atoms with Gasteiger partial charge in [-0.2, -0.15) is 0 Å². The third kappa shape index (κ3) is 2.94. The number of fused-ring (bicyclic) bond motifs is 5. The molecule has 0 N–H and O–H groups in total. The molecule has 0 aromatic heterocycles. The highest BCUT2D eigenvalue weighted by atomic mass is 35.5. The van der Waals surface area contributed by atoms with Gasteiger partial charge in [0.1, 0.15) is 0 Å². The van der Waals surface area contributed by atoms with Crippen LogP contribution in [-0.4, -0.2) is 41.7 Å². The van der Waals surface area contributed by atoms with Crippen molar-refractivity contribution in [2.45, 2.75) is 31.8 Å². The van der Waals surface area contributed by atoms with Crippen molar-refractivity contribution < 1.29 is 33.4 Å². The van der Waals surface area contributed by atoms with Crippen LogP contribution in [0, 0.1) is 11.8 Å². The van der Waals surface area contributed by atoms with Crippen molar-refractivity contribution in [3.05, 3.63) is 40.4 Å². The number of carbonyl (C=O) groups is 4. The smallest absolute Gasteiger partial charge is 0.305 e. The molecular formula is C19H15Cl2NO7. The van der Waals surface area contributed by atoms with E-state index in [0.717, 1.165) is 18.7 Å². The van der Waals surface area contributed by atoms with Crippen LogP contribution in [0.4, 0.5) is 5.69 Å². The molecule has 3 aliphatic rings. The van der Waals surface area contributed by atoms with Gasteiger partial charge in [0.2, 0.25) is 11.8 Å². The van der Waals surface area contributed by atoms with Crippen LogP contribution in [0.25, 0.3) is 0 Å². The molecule has 4 rings (SSSR count). The van der Waals surface area contributed by atoms with E-state index in [1.165, 1.54) is 24.3 Å². The number of benzene rings is 1. The molecule has 4 atom stereocenters. The van der Waals surface area contributed by atoms with Crippen molar-refractivity contribution in [3.63, 3.8) is 0 Å². The largest absolute Gasteiger partial charge is 0.422 e. The first-order chi connectivity index (χ1) is 13.7. The first-order valence-corrected chi connectivity index (χ1v) is 9.46. The summed E-state index contributed by atoms with van der Waals surface area (Å²) in [5.41, 5.74) is -1.42. The Morgan fingerprint density at radius 1 is 1.14 bits per heavy atom. The summed E-state index contributed by atoms with van der Waals surface area (Å²) in [6.07, 6.45) is 0.847. The second-order valence-corrected chi connectivity index (χ2v) is 7.80. The highest BCUT2D eigenvalue weighted by molar-refractivity contribution is 6.38. The number of hydrogen-bond donors (Lipinski definition) is 0. The summed E-state index contributed by atoms with van der Waals surface area (Å²) in [7, 11) is 0. The van der Waals surface area contributed by atoms with Gasteiger partial charge in [0, 0.05) is 18.9 Å². The fourth-order valence-corrected chi connectivity index (χ4v) is 4.61.